The average molecular weight is 434 g/mol. The molecule has 0 saturated heterocycles. The quantitative estimate of drug-likeness (QED) is 0.427. The zero-order valence-electron chi connectivity index (χ0n) is 16.5. The highest BCUT2D eigenvalue weighted by Crippen LogP contribution is 2.39. The third-order valence-corrected chi connectivity index (χ3v) is 6.20. The SMILES string of the molecule is O=C(c1ccccc1Cl)N1CCc2c([nH]c3ccccc23)[C@H]1c1ccc([NH+]([O-])O)cc1. The Labute approximate surface area is 183 Å². The normalized spacial score (nSPS) is 16.9. The van der Waals surface area contributed by atoms with Crippen LogP contribution in [-0.2, 0) is 6.42 Å². The van der Waals surface area contributed by atoms with Gasteiger partial charge in [-0.3, -0.25) is 4.79 Å². The lowest BCUT2D eigenvalue weighted by atomic mass is 9.91. The summed E-state index contributed by atoms with van der Waals surface area (Å²) in [5, 5.41) is 21.2. The number of para-hydroxylation sites is 1. The van der Waals surface area contributed by atoms with Gasteiger partial charge < -0.3 is 15.1 Å². The second-order valence-corrected chi connectivity index (χ2v) is 8.03. The Balaban J connectivity index is 1.65. The van der Waals surface area contributed by atoms with Crippen LogP contribution in [0, 0.1) is 5.21 Å². The van der Waals surface area contributed by atoms with Crippen molar-refractivity contribution in [3.05, 3.63) is 105 Å². The summed E-state index contributed by atoms with van der Waals surface area (Å²) >= 11 is 6.33. The second-order valence-electron chi connectivity index (χ2n) is 7.62. The molecule has 0 saturated carbocycles. The monoisotopic (exact) mass is 433 g/mol. The van der Waals surface area contributed by atoms with Crippen molar-refractivity contribution in [1.82, 2.24) is 9.88 Å². The highest BCUT2D eigenvalue weighted by molar-refractivity contribution is 6.33. The van der Waals surface area contributed by atoms with Crippen molar-refractivity contribution >= 4 is 34.1 Å². The number of aromatic amines is 1. The number of halogens is 1. The zero-order valence-corrected chi connectivity index (χ0v) is 17.3. The number of carbonyl (C=O) groups excluding carboxylic acids is 1. The molecule has 31 heavy (non-hydrogen) atoms. The lowest BCUT2D eigenvalue weighted by molar-refractivity contribution is -0.991. The number of nitrogens with one attached hydrogen (secondary N) is 2. The molecule has 1 aliphatic rings. The Hall–Kier alpha value is -3.16. The van der Waals surface area contributed by atoms with Crippen LogP contribution < -0.4 is 5.23 Å². The van der Waals surface area contributed by atoms with Crippen molar-refractivity contribution in [2.24, 2.45) is 0 Å². The molecular weight excluding hydrogens is 414 g/mol. The van der Waals surface area contributed by atoms with Gasteiger partial charge in [-0.05, 0) is 35.7 Å². The minimum absolute atomic E-state index is 0.151. The second kappa shape index (κ2) is 7.83. The van der Waals surface area contributed by atoms with Crippen molar-refractivity contribution in [3.8, 4) is 0 Å². The first-order chi connectivity index (χ1) is 15.0. The van der Waals surface area contributed by atoms with Gasteiger partial charge in [-0.15, -0.1) is 0 Å². The van der Waals surface area contributed by atoms with Crippen molar-refractivity contribution in [1.29, 1.82) is 0 Å². The number of nitrogens with zero attached hydrogens (tertiary/aromatic N) is 1. The van der Waals surface area contributed by atoms with E-state index in [4.69, 9.17) is 11.6 Å². The summed E-state index contributed by atoms with van der Waals surface area (Å²) in [5.74, 6) is -0.151. The summed E-state index contributed by atoms with van der Waals surface area (Å²) in [6.45, 7) is 0.532. The number of aromatic nitrogens is 1. The number of benzene rings is 3. The van der Waals surface area contributed by atoms with Crippen molar-refractivity contribution in [2.75, 3.05) is 6.54 Å². The molecular formula is C24H20ClN3O3. The topological polar surface area (TPSA) is 83.8 Å². The maximum atomic E-state index is 13.5. The van der Waals surface area contributed by atoms with Gasteiger partial charge in [-0.1, -0.05) is 54.1 Å². The van der Waals surface area contributed by atoms with Crippen LogP contribution in [0.15, 0.2) is 72.8 Å². The molecule has 5 rings (SSSR count). The molecule has 3 aromatic carbocycles. The number of rotatable bonds is 3. The molecule has 1 aromatic heterocycles. The van der Waals surface area contributed by atoms with E-state index >= 15 is 0 Å². The molecule has 2 heterocycles. The van der Waals surface area contributed by atoms with Gasteiger partial charge in [0.15, 0.2) is 5.69 Å². The molecule has 2 atom stereocenters. The summed E-state index contributed by atoms with van der Waals surface area (Å²) < 4.78 is 0. The van der Waals surface area contributed by atoms with Gasteiger partial charge in [0.2, 0.25) is 0 Å². The number of hydrogen-bond acceptors (Lipinski definition) is 3. The van der Waals surface area contributed by atoms with E-state index in [0.717, 1.165) is 28.6 Å². The lowest BCUT2D eigenvalue weighted by Crippen LogP contribution is -2.99. The zero-order chi connectivity index (χ0) is 21.5. The van der Waals surface area contributed by atoms with E-state index in [2.05, 4.69) is 11.1 Å². The molecule has 4 aromatic rings. The van der Waals surface area contributed by atoms with Gasteiger partial charge in [-0.2, -0.15) is 5.23 Å². The molecule has 0 bridgehead atoms. The van der Waals surface area contributed by atoms with E-state index in [9.17, 15) is 15.2 Å². The van der Waals surface area contributed by atoms with Crippen LogP contribution in [0.25, 0.3) is 10.9 Å². The molecule has 0 fully saturated rings. The molecule has 6 nitrogen and oxygen atoms in total. The molecule has 1 aliphatic heterocycles. The van der Waals surface area contributed by atoms with Crippen LogP contribution in [-0.4, -0.2) is 27.5 Å². The highest BCUT2D eigenvalue weighted by atomic mass is 35.5. The molecule has 7 heteroatoms. The van der Waals surface area contributed by atoms with Crippen LogP contribution in [0.5, 0.6) is 0 Å². The van der Waals surface area contributed by atoms with Gasteiger partial charge in [0, 0.05) is 35.3 Å². The fourth-order valence-electron chi connectivity index (χ4n) is 4.40. The molecule has 1 unspecified atom stereocenters. The largest absolute Gasteiger partial charge is 0.595 e. The number of H-pyrrole nitrogens is 1. The number of fused-ring (bicyclic) bond motifs is 3. The minimum atomic E-state index is -0.981. The van der Waals surface area contributed by atoms with E-state index in [1.807, 2.05) is 23.1 Å². The van der Waals surface area contributed by atoms with Gasteiger partial charge in [0.25, 0.3) is 5.91 Å². The van der Waals surface area contributed by atoms with E-state index < -0.39 is 5.23 Å². The molecule has 0 radical (unpaired) electrons. The van der Waals surface area contributed by atoms with Crippen molar-refractivity contribution < 1.29 is 15.2 Å². The number of quaternary nitrogens is 1. The number of hydrogen-bond donors (Lipinski definition) is 3. The first kappa shape index (κ1) is 19.8. The van der Waals surface area contributed by atoms with Crippen molar-refractivity contribution in [2.45, 2.75) is 12.5 Å². The minimum Gasteiger partial charge on any atom is -0.595 e. The Morgan fingerprint density at radius 3 is 2.52 bits per heavy atom. The fraction of sp³-hybridized carbons (Fsp3) is 0.125. The fourth-order valence-corrected chi connectivity index (χ4v) is 4.62. The standard InChI is InChI=1S/C24H20ClN3O3/c25-20-7-3-1-6-19(20)24(29)27-14-13-18-17-5-2-4-8-21(17)26-22(18)23(27)15-9-11-16(12-10-15)28(30)31/h1-12,23,26,28,30H,13-14H2/t23-/m1/s1. The van der Waals surface area contributed by atoms with Crippen LogP contribution in [0.4, 0.5) is 5.69 Å². The molecule has 0 spiro atoms. The summed E-state index contributed by atoms with van der Waals surface area (Å²) in [5.41, 5.74) is 4.67. The molecule has 3 N–H and O–H groups in total. The van der Waals surface area contributed by atoms with Crippen LogP contribution in [0.3, 0.4) is 0 Å². The number of amides is 1. The predicted octanol–water partition coefficient (Wildman–Crippen LogP) is 4.01. The van der Waals surface area contributed by atoms with E-state index in [1.54, 1.807) is 48.5 Å². The molecule has 156 valence electrons. The van der Waals surface area contributed by atoms with Crippen LogP contribution in [0.1, 0.15) is 33.2 Å². The number of carbonyl (C=O) groups is 1. The lowest BCUT2D eigenvalue weighted by Gasteiger charge is -2.36. The third kappa shape index (κ3) is 3.40. The maximum Gasteiger partial charge on any atom is 0.256 e. The van der Waals surface area contributed by atoms with E-state index in [-0.39, 0.29) is 17.6 Å². The van der Waals surface area contributed by atoms with Gasteiger partial charge in [0.1, 0.15) is 0 Å². The Morgan fingerprint density at radius 2 is 1.77 bits per heavy atom. The summed E-state index contributed by atoms with van der Waals surface area (Å²) in [6.07, 6.45) is 0.721. The summed E-state index contributed by atoms with van der Waals surface area (Å²) in [4.78, 5) is 18.9. The highest BCUT2D eigenvalue weighted by Gasteiger charge is 2.35. The smallest absolute Gasteiger partial charge is 0.256 e. The first-order valence-corrected chi connectivity index (χ1v) is 10.4. The first-order valence-electron chi connectivity index (χ1n) is 10.0. The average Bonchev–Trinajstić information content (AvgIpc) is 3.17. The van der Waals surface area contributed by atoms with Crippen LogP contribution >= 0.6 is 11.6 Å². The van der Waals surface area contributed by atoms with Crippen molar-refractivity contribution in [3.63, 3.8) is 0 Å². The van der Waals surface area contributed by atoms with Gasteiger partial charge in [-0.25, -0.2) is 5.21 Å². The summed E-state index contributed by atoms with van der Waals surface area (Å²) in [6, 6.07) is 21.5. The van der Waals surface area contributed by atoms with Gasteiger partial charge >= 0.3 is 0 Å². The molecule has 0 aliphatic carbocycles. The van der Waals surface area contributed by atoms with E-state index in [1.165, 1.54) is 5.56 Å². The Kier molecular flexibility index (Phi) is 5.00. The van der Waals surface area contributed by atoms with Gasteiger partial charge in [0.05, 0.1) is 16.6 Å². The third-order valence-electron chi connectivity index (χ3n) is 5.87. The Morgan fingerprint density at radius 1 is 1.06 bits per heavy atom. The maximum absolute atomic E-state index is 13.5. The molecule has 1 amide bonds. The van der Waals surface area contributed by atoms with Crippen LogP contribution in [0.2, 0.25) is 5.02 Å². The summed E-state index contributed by atoms with van der Waals surface area (Å²) in [7, 11) is 0. The predicted molar refractivity (Wildman–Crippen MR) is 119 cm³/mol. The Bertz CT molecular complexity index is 1270. The van der Waals surface area contributed by atoms with E-state index in [0.29, 0.717) is 17.1 Å².